The number of carbonyl (C=O) groups is 2. The van der Waals surface area contributed by atoms with Crippen LogP contribution in [0.4, 0.5) is 0 Å². The van der Waals surface area contributed by atoms with Gasteiger partial charge in [-0.3, -0.25) is 0 Å². The van der Waals surface area contributed by atoms with E-state index in [2.05, 4.69) is 13.8 Å². The summed E-state index contributed by atoms with van der Waals surface area (Å²) in [4.78, 5) is 25.1. The molecule has 4 aromatic carbocycles. The van der Waals surface area contributed by atoms with Gasteiger partial charge < -0.3 is 37.9 Å². The molecule has 2 saturated heterocycles. The Balaban J connectivity index is 0.000000422. The third kappa shape index (κ3) is 16.5. The Labute approximate surface area is 373 Å². The molecule has 0 saturated carbocycles. The normalized spacial score (nSPS) is 14.9. The van der Waals surface area contributed by atoms with Crippen molar-refractivity contribution in [2.75, 3.05) is 73.2 Å². The number of unbranched alkanes of at least 4 members (excludes halogenated alkanes) is 6. The number of benzene rings is 4. The minimum atomic E-state index is -3.87. The van der Waals surface area contributed by atoms with E-state index in [1.807, 2.05) is 19.1 Å². The van der Waals surface area contributed by atoms with Crippen LogP contribution in [0, 0.1) is 17.8 Å². The number of esters is 2. The maximum absolute atomic E-state index is 13.2. The van der Waals surface area contributed by atoms with Gasteiger partial charge in [0.05, 0.1) is 67.2 Å². The molecular formula is C50H64O12S. The topological polar surface area (TPSA) is 142 Å². The fourth-order valence-electron chi connectivity index (χ4n) is 6.58. The monoisotopic (exact) mass is 888 g/mol. The van der Waals surface area contributed by atoms with Crippen molar-refractivity contribution < 1.29 is 55.9 Å². The average molecular weight is 889 g/mol. The van der Waals surface area contributed by atoms with Crippen molar-refractivity contribution in [3.63, 3.8) is 0 Å². The molecule has 13 heteroatoms. The lowest BCUT2D eigenvalue weighted by molar-refractivity contribution is -0.138. The van der Waals surface area contributed by atoms with Gasteiger partial charge in [0.1, 0.15) is 17.2 Å². The van der Waals surface area contributed by atoms with Crippen LogP contribution >= 0.6 is 0 Å². The van der Waals surface area contributed by atoms with Crippen molar-refractivity contribution in [2.24, 2.45) is 10.8 Å². The number of carbonyl (C=O) groups excluding carboxylic acids is 2. The molecule has 0 unspecified atom stereocenters. The van der Waals surface area contributed by atoms with E-state index in [1.54, 1.807) is 43.5 Å². The second-order valence-electron chi connectivity index (χ2n) is 17.0. The SMILES string of the molecule is COCCCCCCOCC1(C)COC1.Cc1ccc(C(=O)Oc2ccc(S(=O)(=O)c3ccc(OC(=O)c4ccc(OCCCCCCOCC5(C)COC5)cc4)cc3)cc2)cc1. The van der Waals surface area contributed by atoms with Gasteiger partial charge in [-0.2, -0.15) is 0 Å². The van der Waals surface area contributed by atoms with Gasteiger partial charge in [-0.15, -0.1) is 0 Å². The Hall–Kier alpha value is -4.63. The van der Waals surface area contributed by atoms with E-state index in [-0.39, 0.29) is 26.7 Å². The van der Waals surface area contributed by atoms with Crippen molar-refractivity contribution in [1.29, 1.82) is 0 Å². The second-order valence-corrected chi connectivity index (χ2v) is 18.9. The standard InChI is InChI=1S/C38H40O9S.C12H24O3/c1-28-7-9-29(10-8-28)36(39)46-32-15-19-34(20-16-32)48(41,42)35-21-17-33(18-22-35)47-37(40)30-11-13-31(14-12-30)45-24-6-4-3-5-23-43-25-38(2)26-44-27-38;1-12(10-15-11-12)9-14-8-6-4-3-5-7-13-2/h7-22H,3-6,23-27H2,1-2H3;3-11H2,1-2H3. The predicted octanol–water partition coefficient (Wildman–Crippen LogP) is 9.50. The maximum Gasteiger partial charge on any atom is 0.343 e. The van der Waals surface area contributed by atoms with E-state index in [9.17, 15) is 18.0 Å². The quantitative estimate of drug-likeness (QED) is 0.0355. The number of sulfone groups is 1. The molecule has 0 spiro atoms. The lowest BCUT2D eigenvalue weighted by atomic mass is 9.90. The Morgan fingerprint density at radius 2 is 0.905 bits per heavy atom. The zero-order valence-electron chi connectivity index (χ0n) is 37.3. The summed E-state index contributed by atoms with van der Waals surface area (Å²) >= 11 is 0. The molecule has 2 aliphatic rings. The maximum atomic E-state index is 13.2. The minimum Gasteiger partial charge on any atom is -0.494 e. The third-order valence-electron chi connectivity index (χ3n) is 10.6. The molecule has 63 heavy (non-hydrogen) atoms. The first-order valence-electron chi connectivity index (χ1n) is 21.9. The summed E-state index contributed by atoms with van der Waals surface area (Å²) < 4.78 is 69.8. The van der Waals surface area contributed by atoms with E-state index < -0.39 is 21.8 Å². The fraction of sp³-hybridized carbons (Fsp3) is 0.480. The number of hydrogen-bond donors (Lipinski definition) is 0. The molecule has 4 aromatic rings. The Kier molecular flexibility index (Phi) is 19.6. The van der Waals surface area contributed by atoms with Gasteiger partial charge in [0.25, 0.3) is 0 Å². The summed E-state index contributed by atoms with van der Waals surface area (Å²) in [6, 6.07) is 24.8. The summed E-state index contributed by atoms with van der Waals surface area (Å²) in [6.07, 6.45) is 8.91. The highest BCUT2D eigenvalue weighted by atomic mass is 32.2. The van der Waals surface area contributed by atoms with Gasteiger partial charge in [0.2, 0.25) is 9.84 Å². The smallest absolute Gasteiger partial charge is 0.343 e. The van der Waals surface area contributed by atoms with Crippen molar-refractivity contribution >= 4 is 21.8 Å². The van der Waals surface area contributed by atoms with Gasteiger partial charge in [-0.1, -0.05) is 50.8 Å². The van der Waals surface area contributed by atoms with E-state index in [1.165, 1.54) is 74.2 Å². The molecule has 6 rings (SSSR count). The van der Waals surface area contributed by atoms with E-state index in [0.29, 0.717) is 28.9 Å². The van der Waals surface area contributed by atoms with Crippen molar-refractivity contribution in [3.05, 3.63) is 114 Å². The summed E-state index contributed by atoms with van der Waals surface area (Å²) in [5, 5.41) is 0. The van der Waals surface area contributed by atoms with Crippen LogP contribution < -0.4 is 14.2 Å². The van der Waals surface area contributed by atoms with Crippen LogP contribution in [-0.4, -0.2) is 93.5 Å². The second kappa shape index (κ2) is 25.0. The molecule has 0 amide bonds. The van der Waals surface area contributed by atoms with Crippen molar-refractivity contribution in [3.8, 4) is 17.2 Å². The van der Waals surface area contributed by atoms with Crippen molar-refractivity contribution in [1.82, 2.24) is 0 Å². The largest absolute Gasteiger partial charge is 0.494 e. The van der Waals surface area contributed by atoms with Crippen LogP contribution in [0.5, 0.6) is 17.2 Å². The van der Waals surface area contributed by atoms with Crippen molar-refractivity contribution in [2.45, 2.75) is 81.9 Å². The molecule has 12 nitrogen and oxygen atoms in total. The van der Waals surface area contributed by atoms with Crippen LogP contribution in [0.3, 0.4) is 0 Å². The number of methoxy groups -OCH3 is 1. The predicted molar refractivity (Wildman–Crippen MR) is 240 cm³/mol. The number of hydrogen-bond acceptors (Lipinski definition) is 12. The molecule has 0 N–H and O–H groups in total. The van der Waals surface area contributed by atoms with Gasteiger partial charge in [-0.25, -0.2) is 18.0 Å². The molecule has 0 aromatic heterocycles. The Morgan fingerprint density at radius 1 is 0.524 bits per heavy atom. The molecule has 2 aliphatic heterocycles. The lowest BCUT2D eigenvalue weighted by Crippen LogP contribution is -2.43. The summed E-state index contributed by atoms with van der Waals surface area (Å²) in [6.45, 7) is 14.3. The first kappa shape index (κ1) is 49.4. The van der Waals surface area contributed by atoms with Crippen LogP contribution in [-0.2, 0) is 33.5 Å². The van der Waals surface area contributed by atoms with Crippen LogP contribution in [0.25, 0.3) is 0 Å². The number of ether oxygens (including phenoxy) is 8. The molecule has 2 heterocycles. The minimum absolute atomic E-state index is 0.0235. The third-order valence-corrected chi connectivity index (χ3v) is 12.4. The summed E-state index contributed by atoms with van der Waals surface area (Å²) in [7, 11) is -2.11. The Bertz CT molecular complexity index is 2080. The Morgan fingerprint density at radius 3 is 1.30 bits per heavy atom. The molecule has 342 valence electrons. The number of rotatable bonds is 25. The molecule has 0 radical (unpaired) electrons. The lowest BCUT2D eigenvalue weighted by Gasteiger charge is -2.37. The average Bonchev–Trinajstić information content (AvgIpc) is 3.26. The highest BCUT2D eigenvalue weighted by molar-refractivity contribution is 7.91. The fourth-order valence-corrected chi connectivity index (χ4v) is 7.84. The van der Waals surface area contributed by atoms with E-state index in [4.69, 9.17) is 37.9 Å². The molecule has 2 fully saturated rings. The van der Waals surface area contributed by atoms with Gasteiger partial charge >= 0.3 is 11.9 Å². The summed E-state index contributed by atoms with van der Waals surface area (Å²) in [5.41, 5.74) is 2.24. The van der Waals surface area contributed by atoms with E-state index >= 15 is 0 Å². The summed E-state index contributed by atoms with van der Waals surface area (Å²) in [5.74, 6) is -0.0238. The first-order chi connectivity index (χ1) is 30.4. The highest BCUT2D eigenvalue weighted by Gasteiger charge is 2.34. The van der Waals surface area contributed by atoms with Gasteiger partial charge in [0.15, 0.2) is 0 Å². The highest BCUT2D eigenvalue weighted by Crippen LogP contribution is 2.28. The number of aryl methyl sites for hydroxylation is 1. The zero-order valence-corrected chi connectivity index (χ0v) is 38.1. The van der Waals surface area contributed by atoms with Crippen LogP contribution in [0.15, 0.2) is 107 Å². The van der Waals surface area contributed by atoms with Gasteiger partial charge in [-0.05, 0) is 124 Å². The van der Waals surface area contributed by atoms with Crippen LogP contribution in [0.1, 0.15) is 91.5 Å². The molecule has 0 bridgehead atoms. The molecule has 0 aliphatic carbocycles. The zero-order chi connectivity index (χ0) is 45.0. The van der Waals surface area contributed by atoms with E-state index in [0.717, 1.165) is 90.7 Å². The molecule has 0 atom stereocenters. The first-order valence-corrected chi connectivity index (χ1v) is 23.4. The van der Waals surface area contributed by atoms with Gasteiger partial charge in [0, 0.05) is 37.8 Å². The van der Waals surface area contributed by atoms with Crippen LogP contribution in [0.2, 0.25) is 0 Å². The molecular weight excluding hydrogens is 825 g/mol.